The van der Waals surface area contributed by atoms with E-state index >= 15 is 0 Å². The Balaban J connectivity index is 2.37. The summed E-state index contributed by atoms with van der Waals surface area (Å²) in [5.74, 6) is 0. The molecule has 0 spiro atoms. The highest BCUT2D eigenvalue weighted by atomic mass is 32.1. The Morgan fingerprint density at radius 2 is 2.00 bits per heavy atom. The molecule has 1 aromatic heterocycles. The van der Waals surface area contributed by atoms with Crippen LogP contribution in [0.3, 0.4) is 0 Å². The number of rotatable bonds is 2. The van der Waals surface area contributed by atoms with Crippen LogP contribution in [-0.4, -0.2) is 26.0 Å². The van der Waals surface area contributed by atoms with Crippen molar-refractivity contribution in [3.05, 3.63) is 12.7 Å². The van der Waals surface area contributed by atoms with Crippen LogP contribution in [0.5, 0.6) is 0 Å². The Hall–Kier alpha value is -1.17. The fourth-order valence-electron chi connectivity index (χ4n) is 0.670. The van der Waals surface area contributed by atoms with Crippen LogP contribution in [0.25, 0.3) is 0 Å². The first-order valence-corrected chi connectivity index (χ1v) is 4.01. The van der Waals surface area contributed by atoms with Crippen molar-refractivity contribution >= 4 is 17.3 Å². The second kappa shape index (κ2) is 4.01. The zero-order chi connectivity index (χ0) is 8.97. The predicted octanol–water partition coefficient (Wildman–Crippen LogP) is 0.104. The van der Waals surface area contributed by atoms with Gasteiger partial charge in [0.1, 0.15) is 12.7 Å². The third-order valence-corrected chi connectivity index (χ3v) is 1.28. The molecule has 0 amide bonds. The average Bonchev–Trinajstić information content (AvgIpc) is 2.37. The molecule has 0 aliphatic heterocycles. The fourth-order valence-corrected chi connectivity index (χ4v) is 1.01. The van der Waals surface area contributed by atoms with Gasteiger partial charge in [-0.3, -0.25) is 5.43 Å². The van der Waals surface area contributed by atoms with Crippen LogP contribution in [0.4, 0.5) is 0 Å². The van der Waals surface area contributed by atoms with Crippen molar-refractivity contribution in [2.45, 2.75) is 19.9 Å². The van der Waals surface area contributed by atoms with Gasteiger partial charge in [-0.2, -0.15) is 0 Å². The van der Waals surface area contributed by atoms with E-state index in [1.807, 2.05) is 13.8 Å². The molecule has 1 rings (SSSR count). The van der Waals surface area contributed by atoms with Crippen LogP contribution >= 0.6 is 12.2 Å². The van der Waals surface area contributed by atoms with Crippen LogP contribution < -0.4 is 10.7 Å². The van der Waals surface area contributed by atoms with Gasteiger partial charge in [-0.25, -0.2) is 4.68 Å². The Morgan fingerprint density at radius 1 is 1.42 bits per heavy atom. The molecule has 12 heavy (non-hydrogen) atoms. The Morgan fingerprint density at radius 3 is 2.50 bits per heavy atom. The summed E-state index contributed by atoms with van der Waals surface area (Å²) in [5.41, 5.74) is 2.87. The van der Waals surface area contributed by atoms with Crippen molar-refractivity contribution in [2.75, 3.05) is 5.43 Å². The van der Waals surface area contributed by atoms with Crippen molar-refractivity contribution in [3.63, 3.8) is 0 Å². The standard InChI is InChI=1S/C6H11N5S/c1-5(2)9-6(12)10-11-3-7-8-4-11/h3-5H,1-2H3,(H2,9,10,12). The summed E-state index contributed by atoms with van der Waals surface area (Å²) in [6.07, 6.45) is 3.07. The van der Waals surface area contributed by atoms with Crippen LogP contribution in [-0.2, 0) is 0 Å². The van der Waals surface area contributed by atoms with Crippen molar-refractivity contribution in [3.8, 4) is 0 Å². The molecular weight excluding hydrogens is 174 g/mol. The first-order valence-electron chi connectivity index (χ1n) is 3.60. The molecule has 0 saturated carbocycles. The first kappa shape index (κ1) is 8.92. The molecule has 1 aromatic rings. The van der Waals surface area contributed by atoms with E-state index in [0.717, 1.165) is 0 Å². The topological polar surface area (TPSA) is 54.8 Å². The van der Waals surface area contributed by atoms with E-state index in [4.69, 9.17) is 12.2 Å². The predicted molar refractivity (Wildman–Crippen MR) is 50.3 cm³/mol. The van der Waals surface area contributed by atoms with Gasteiger partial charge < -0.3 is 5.32 Å². The smallest absolute Gasteiger partial charge is 0.185 e. The lowest BCUT2D eigenvalue weighted by Gasteiger charge is -2.12. The van der Waals surface area contributed by atoms with E-state index in [9.17, 15) is 0 Å². The molecular formula is C6H11N5S. The number of hydrogen-bond donors (Lipinski definition) is 2. The van der Waals surface area contributed by atoms with Crippen LogP contribution in [0.2, 0.25) is 0 Å². The van der Waals surface area contributed by atoms with Gasteiger partial charge in [0.05, 0.1) is 0 Å². The monoisotopic (exact) mass is 185 g/mol. The van der Waals surface area contributed by atoms with Gasteiger partial charge in [0.2, 0.25) is 0 Å². The Labute approximate surface area is 76.1 Å². The maximum atomic E-state index is 4.98. The second-order valence-corrected chi connectivity index (χ2v) is 3.02. The molecule has 0 aliphatic carbocycles. The van der Waals surface area contributed by atoms with Crippen molar-refractivity contribution in [2.24, 2.45) is 0 Å². The van der Waals surface area contributed by atoms with Gasteiger partial charge in [-0.15, -0.1) is 10.2 Å². The highest BCUT2D eigenvalue weighted by Crippen LogP contribution is 1.80. The summed E-state index contributed by atoms with van der Waals surface area (Å²) in [4.78, 5) is 0. The normalized spacial score (nSPS) is 9.92. The lowest BCUT2D eigenvalue weighted by molar-refractivity contribution is 0.731. The van der Waals surface area contributed by atoms with E-state index in [-0.39, 0.29) is 0 Å². The Kier molecular flexibility index (Phi) is 2.98. The minimum Gasteiger partial charge on any atom is -0.359 e. The number of nitrogens with one attached hydrogen (secondary N) is 2. The molecule has 0 unspecified atom stereocenters. The largest absolute Gasteiger partial charge is 0.359 e. The number of thiocarbonyl (C=S) groups is 1. The molecule has 0 radical (unpaired) electrons. The molecule has 0 bridgehead atoms. The van der Waals surface area contributed by atoms with Crippen LogP contribution in [0.15, 0.2) is 12.7 Å². The lowest BCUT2D eigenvalue weighted by atomic mass is 10.4. The summed E-state index contributed by atoms with van der Waals surface area (Å²) < 4.78 is 1.58. The van der Waals surface area contributed by atoms with Gasteiger partial charge in [-0.05, 0) is 26.1 Å². The second-order valence-electron chi connectivity index (χ2n) is 2.61. The lowest BCUT2D eigenvalue weighted by Crippen LogP contribution is -2.37. The van der Waals surface area contributed by atoms with Crippen molar-refractivity contribution in [1.29, 1.82) is 0 Å². The Bertz CT molecular complexity index is 242. The summed E-state index contributed by atoms with van der Waals surface area (Å²) in [6.45, 7) is 4.03. The summed E-state index contributed by atoms with van der Waals surface area (Å²) >= 11 is 4.98. The summed E-state index contributed by atoms with van der Waals surface area (Å²) in [5, 5.41) is 10.8. The van der Waals surface area contributed by atoms with Gasteiger partial charge in [0.25, 0.3) is 0 Å². The molecule has 5 nitrogen and oxygen atoms in total. The van der Waals surface area contributed by atoms with Gasteiger partial charge in [0, 0.05) is 6.04 Å². The third kappa shape index (κ3) is 2.83. The van der Waals surface area contributed by atoms with Gasteiger partial charge >= 0.3 is 0 Å². The van der Waals surface area contributed by atoms with Gasteiger partial charge in [0.15, 0.2) is 5.11 Å². The quantitative estimate of drug-likeness (QED) is 0.640. The molecule has 0 aliphatic rings. The van der Waals surface area contributed by atoms with Crippen molar-refractivity contribution in [1.82, 2.24) is 20.2 Å². The maximum absolute atomic E-state index is 4.98. The van der Waals surface area contributed by atoms with Crippen molar-refractivity contribution < 1.29 is 0 Å². The summed E-state index contributed by atoms with van der Waals surface area (Å²) in [6, 6.07) is 0.321. The van der Waals surface area contributed by atoms with E-state index < -0.39 is 0 Å². The zero-order valence-electron chi connectivity index (χ0n) is 6.98. The molecule has 2 N–H and O–H groups in total. The number of aromatic nitrogens is 3. The summed E-state index contributed by atoms with van der Waals surface area (Å²) in [7, 11) is 0. The average molecular weight is 185 g/mol. The van der Waals surface area contributed by atoms with E-state index in [1.54, 1.807) is 4.68 Å². The highest BCUT2D eigenvalue weighted by Gasteiger charge is 1.97. The minimum absolute atomic E-state index is 0.321. The fraction of sp³-hybridized carbons (Fsp3) is 0.500. The molecule has 0 atom stereocenters. The molecule has 0 fully saturated rings. The van der Waals surface area contributed by atoms with Crippen LogP contribution in [0, 0.1) is 0 Å². The van der Waals surface area contributed by atoms with Gasteiger partial charge in [-0.1, -0.05) is 0 Å². The number of hydrogen-bond acceptors (Lipinski definition) is 3. The SMILES string of the molecule is CC(C)NC(=S)Nn1cnnc1. The third-order valence-electron chi connectivity index (χ3n) is 1.07. The number of nitrogens with zero attached hydrogens (tertiary/aromatic N) is 3. The molecule has 0 saturated heterocycles. The zero-order valence-corrected chi connectivity index (χ0v) is 7.80. The first-order chi connectivity index (χ1) is 5.68. The molecule has 66 valence electrons. The maximum Gasteiger partial charge on any atom is 0.185 e. The van der Waals surface area contributed by atoms with E-state index in [0.29, 0.717) is 11.2 Å². The highest BCUT2D eigenvalue weighted by molar-refractivity contribution is 7.80. The molecule has 0 aromatic carbocycles. The molecule has 1 heterocycles. The van der Waals surface area contributed by atoms with E-state index in [1.165, 1.54) is 12.7 Å². The molecule has 6 heteroatoms. The minimum atomic E-state index is 0.321. The van der Waals surface area contributed by atoms with E-state index in [2.05, 4.69) is 20.9 Å². The van der Waals surface area contributed by atoms with Crippen LogP contribution in [0.1, 0.15) is 13.8 Å².